The summed E-state index contributed by atoms with van der Waals surface area (Å²) in [6.45, 7) is 0. The minimum Gasteiger partial charge on any atom is -0.331 e. The summed E-state index contributed by atoms with van der Waals surface area (Å²) in [7, 11) is 0. The zero-order valence-electron chi connectivity index (χ0n) is 11.7. The van der Waals surface area contributed by atoms with Gasteiger partial charge >= 0.3 is 0 Å². The van der Waals surface area contributed by atoms with Gasteiger partial charge in [0, 0.05) is 16.7 Å². The highest BCUT2D eigenvalue weighted by Crippen LogP contribution is 2.26. The molecule has 0 atom stereocenters. The predicted octanol–water partition coefficient (Wildman–Crippen LogP) is 4.68. The lowest BCUT2D eigenvalue weighted by atomic mass is 10.2. The molecule has 0 fully saturated rings. The number of nitrogens with one attached hydrogen (secondary N) is 2. The van der Waals surface area contributed by atoms with Crippen LogP contribution in [0.1, 0.15) is 10.4 Å². The lowest BCUT2D eigenvalue weighted by Crippen LogP contribution is -2.34. The van der Waals surface area contributed by atoms with E-state index in [0.717, 1.165) is 6.07 Å². The average molecular weight is 405 g/mol. The number of halogens is 3. The molecule has 2 aromatic carbocycles. The number of carbonyl (C=O) groups excluding carboxylic acids is 1. The van der Waals surface area contributed by atoms with E-state index < -0.39 is 10.8 Å². The number of carbonyl (C=O) groups is 1. The summed E-state index contributed by atoms with van der Waals surface area (Å²) in [5, 5.41) is 16.7. The smallest absolute Gasteiger partial charge is 0.288 e. The maximum absolute atomic E-state index is 12.1. The number of rotatable bonds is 3. The van der Waals surface area contributed by atoms with Gasteiger partial charge in [-0.2, -0.15) is 0 Å². The van der Waals surface area contributed by atoms with Crippen LogP contribution in [0.4, 0.5) is 11.4 Å². The van der Waals surface area contributed by atoms with E-state index in [4.69, 9.17) is 47.0 Å². The molecule has 2 rings (SSSR count). The Morgan fingerprint density at radius 2 is 1.75 bits per heavy atom. The highest BCUT2D eigenvalue weighted by molar-refractivity contribution is 7.80. The molecule has 0 unspecified atom stereocenters. The maximum atomic E-state index is 12.1. The molecule has 2 aromatic rings. The molecule has 6 nitrogen and oxygen atoms in total. The molecule has 0 aliphatic heterocycles. The van der Waals surface area contributed by atoms with Crippen molar-refractivity contribution in [2.24, 2.45) is 0 Å². The molecule has 0 aliphatic carbocycles. The van der Waals surface area contributed by atoms with Gasteiger partial charge in [-0.05, 0) is 42.5 Å². The number of thiocarbonyl (C=S) groups is 1. The first-order valence-corrected chi connectivity index (χ1v) is 7.83. The van der Waals surface area contributed by atoms with Gasteiger partial charge in [0.05, 0.1) is 15.6 Å². The van der Waals surface area contributed by atoms with E-state index >= 15 is 0 Å². The number of amides is 1. The summed E-state index contributed by atoms with van der Waals surface area (Å²) < 4.78 is 0. The lowest BCUT2D eigenvalue weighted by Gasteiger charge is -2.11. The van der Waals surface area contributed by atoms with E-state index in [1.165, 1.54) is 18.2 Å². The molecule has 0 saturated carbocycles. The van der Waals surface area contributed by atoms with Crippen LogP contribution < -0.4 is 10.6 Å². The molecule has 0 spiro atoms. The first-order chi connectivity index (χ1) is 11.3. The fourth-order valence-electron chi connectivity index (χ4n) is 1.72. The molecule has 24 heavy (non-hydrogen) atoms. The van der Waals surface area contributed by atoms with Crippen molar-refractivity contribution in [2.75, 3.05) is 5.32 Å². The second-order valence-corrected chi connectivity index (χ2v) is 6.11. The van der Waals surface area contributed by atoms with Crippen molar-refractivity contribution in [1.29, 1.82) is 0 Å². The molecule has 2 N–H and O–H groups in total. The largest absolute Gasteiger partial charge is 0.331 e. The fourth-order valence-corrected chi connectivity index (χ4v) is 2.44. The van der Waals surface area contributed by atoms with E-state index in [9.17, 15) is 14.9 Å². The lowest BCUT2D eigenvalue weighted by molar-refractivity contribution is -0.384. The number of nitro benzene ring substituents is 1. The van der Waals surface area contributed by atoms with Crippen molar-refractivity contribution in [3.8, 4) is 0 Å². The third-order valence-corrected chi connectivity index (χ3v) is 3.90. The van der Waals surface area contributed by atoms with Crippen LogP contribution in [0.3, 0.4) is 0 Å². The third kappa shape index (κ3) is 4.55. The minimum absolute atomic E-state index is 0.0347. The predicted molar refractivity (Wildman–Crippen MR) is 98.3 cm³/mol. The molecule has 0 heterocycles. The second-order valence-electron chi connectivity index (χ2n) is 4.46. The van der Waals surface area contributed by atoms with Crippen LogP contribution in [0.2, 0.25) is 15.1 Å². The summed E-state index contributed by atoms with van der Waals surface area (Å²) in [6, 6.07) is 8.38. The van der Waals surface area contributed by atoms with Crippen molar-refractivity contribution in [3.63, 3.8) is 0 Å². The van der Waals surface area contributed by atoms with Crippen LogP contribution in [0.5, 0.6) is 0 Å². The Hall–Kier alpha value is -1.93. The van der Waals surface area contributed by atoms with E-state index in [-0.39, 0.29) is 21.4 Å². The van der Waals surface area contributed by atoms with Gasteiger partial charge in [-0.3, -0.25) is 20.2 Å². The third-order valence-electron chi connectivity index (χ3n) is 2.81. The van der Waals surface area contributed by atoms with E-state index in [1.54, 1.807) is 12.1 Å². The molecular formula is C14H8Cl3N3O3S. The van der Waals surface area contributed by atoms with Crippen molar-refractivity contribution in [2.45, 2.75) is 0 Å². The van der Waals surface area contributed by atoms with Crippen LogP contribution >= 0.6 is 47.0 Å². The number of nitrogens with zero attached hydrogens (tertiary/aromatic N) is 1. The number of hydrogen-bond donors (Lipinski definition) is 2. The van der Waals surface area contributed by atoms with Gasteiger partial charge in [0.15, 0.2) is 5.11 Å². The topological polar surface area (TPSA) is 84.3 Å². The Morgan fingerprint density at radius 1 is 1.08 bits per heavy atom. The fraction of sp³-hybridized carbons (Fsp3) is 0. The Labute approximate surface area is 156 Å². The molecule has 0 aliphatic rings. The van der Waals surface area contributed by atoms with Crippen LogP contribution in [0, 0.1) is 10.1 Å². The van der Waals surface area contributed by atoms with Gasteiger partial charge in [0.1, 0.15) is 5.02 Å². The van der Waals surface area contributed by atoms with E-state index in [1.807, 2.05) is 0 Å². The maximum Gasteiger partial charge on any atom is 0.288 e. The normalized spacial score (nSPS) is 10.1. The first-order valence-electron chi connectivity index (χ1n) is 6.29. The number of hydrogen-bond acceptors (Lipinski definition) is 4. The molecular weight excluding hydrogens is 397 g/mol. The highest BCUT2D eigenvalue weighted by atomic mass is 35.5. The van der Waals surface area contributed by atoms with E-state index in [0.29, 0.717) is 15.7 Å². The van der Waals surface area contributed by atoms with Crippen molar-refractivity contribution in [1.82, 2.24) is 5.32 Å². The standard InChI is InChI=1S/C14H8Cl3N3O3S/c15-8-2-4-9(16)11(6-8)18-14(24)19-13(21)7-1-3-10(17)12(5-7)20(22)23/h1-6H,(H2,18,19,21,24). The van der Waals surface area contributed by atoms with Gasteiger partial charge < -0.3 is 5.32 Å². The molecule has 0 radical (unpaired) electrons. The van der Waals surface area contributed by atoms with Crippen LogP contribution in [-0.2, 0) is 0 Å². The Balaban J connectivity index is 2.12. The SMILES string of the molecule is O=C(NC(=S)Nc1cc(Cl)ccc1Cl)c1ccc(Cl)c([N+](=O)[O-])c1. The van der Waals surface area contributed by atoms with Crippen molar-refractivity contribution < 1.29 is 9.72 Å². The monoisotopic (exact) mass is 403 g/mol. The average Bonchev–Trinajstić information content (AvgIpc) is 2.50. The number of benzene rings is 2. The van der Waals surface area contributed by atoms with Gasteiger partial charge in [0.2, 0.25) is 0 Å². The molecule has 1 amide bonds. The van der Waals surface area contributed by atoms with E-state index in [2.05, 4.69) is 10.6 Å². The zero-order valence-corrected chi connectivity index (χ0v) is 14.8. The van der Waals surface area contributed by atoms with Gasteiger partial charge in [0.25, 0.3) is 11.6 Å². The second kappa shape index (κ2) is 7.76. The summed E-state index contributed by atoms with van der Waals surface area (Å²) >= 11 is 22.6. The Kier molecular flexibility index (Phi) is 5.95. The van der Waals surface area contributed by atoms with Gasteiger partial charge in [-0.1, -0.05) is 34.8 Å². The van der Waals surface area contributed by atoms with Gasteiger partial charge in [-0.15, -0.1) is 0 Å². The zero-order chi connectivity index (χ0) is 17.9. The molecule has 124 valence electrons. The summed E-state index contributed by atoms with van der Waals surface area (Å²) in [5.74, 6) is -0.634. The van der Waals surface area contributed by atoms with Crippen LogP contribution in [0.25, 0.3) is 0 Å². The molecule has 0 aromatic heterocycles. The van der Waals surface area contributed by atoms with Crippen molar-refractivity contribution >= 4 is 69.4 Å². The highest BCUT2D eigenvalue weighted by Gasteiger charge is 2.17. The minimum atomic E-state index is -0.679. The number of anilines is 1. The van der Waals surface area contributed by atoms with Crippen LogP contribution in [-0.4, -0.2) is 15.9 Å². The molecule has 10 heteroatoms. The molecule has 0 bridgehead atoms. The first kappa shape index (κ1) is 18.4. The quantitative estimate of drug-likeness (QED) is 0.441. The summed E-state index contributed by atoms with van der Waals surface area (Å²) in [5.41, 5.74) is 0.0741. The molecule has 0 saturated heterocycles. The van der Waals surface area contributed by atoms with Gasteiger partial charge in [-0.25, -0.2) is 0 Å². The Morgan fingerprint density at radius 3 is 2.42 bits per heavy atom. The van der Waals surface area contributed by atoms with Crippen LogP contribution in [0.15, 0.2) is 36.4 Å². The summed E-state index contributed by atoms with van der Waals surface area (Å²) in [6.07, 6.45) is 0. The summed E-state index contributed by atoms with van der Waals surface area (Å²) in [4.78, 5) is 22.3. The van der Waals surface area contributed by atoms with Crippen molar-refractivity contribution in [3.05, 3.63) is 67.1 Å². The Bertz CT molecular complexity index is 845. The number of nitro groups is 1.